The maximum Gasteiger partial charge on any atom is 0.263 e. The second-order valence-corrected chi connectivity index (χ2v) is 8.52. The first kappa shape index (κ1) is 17.4. The number of carbonyl (C=O) groups is 1. The van der Waals surface area contributed by atoms with E-state index >= 15 is 0 Å². The lowest BCUT2D eigenvalue weighted by molar-refractivity contribution is -0.0966. The number of anilines is 1. The molecule has 2 aliphatic rings. The van der Waals surface area contributed by atoms with Gasteiger partial charge >= 0.3 is 0 Å². The molecule has 4 rings (SSSR count). The van der Waals surface area contributed by atoms with Crippen LogP contribution in [0.3, 0.4) is 0 Å². The molecule has 0 aromatic carbocycles. The number of aromatic nitrogens is 2. The predicted molar refractivity (Wildman–Crippen MR) is 102 cm³/mol. The summed E-state index contributed by atoms with van der Waals surface area (Å²) in [6.45, 7) is 4.10. The second kappa shape index (κ2) is 6.63. The van der Waals surface area contributed by atoms with E-state index in [1.54, 1.807) is 11.3 Å². The fraction of sp³-hybridized carbons (Fsp3) is 0.526. The van der Waals surface area contributed by atoms with Crippen molar-refractivity contribution >= 4 is 23.2 Å². The van der Waals surface area contributed by atoms with Crippen molar-refractivity contribution in [2.24, 2.45) is 0 Å². The van der Waals surface area contributed by atoms with E-state index < -0.39 is 0 Å². The Kier molecular flexibility index (Phi) is 4.44. The van der Waals surface area contributed by atoms with Gasteiger partial charge < -0.3 is 14.5 Å². The first-order valence-corrected chi connectivity index (χ1v) is 9.83. The summed E-state index contributed by atoms with van der Waals surface area (Å²) in [6.07, 6.45) is 4.34. The van der Waals surface area contributed by atoms with E-state index in [9.17, 15) is 4.79 Å². The fourth-order valence-corrected chi connectivity index (χ4v) is 4.61. The molecule has 6 nitrogen and oxygen atoms in total. The predicted octanol–water partition coefficient (Wildman–Crippen LogP) is 2.62. The van der Waals surface area contributed by atoms with E-state index in [2.05, 4.69) is 4.98 Å². The van der Waals surface area contributed by atoms with Crippen molar-refractivity contribution in [1.82, 2.24) is 14.9 Å². The molecule has 0 radical (unpaired) electrons. The first-order chi connectivity index (χ1) is 12.5. The van der Waals surface area contributed by atoms with Gasteiger partial charge in [0.25, 0.3) is 5.91 Å². The SMILES string of the molecule is Cc1ccc(C(=O)N2CCC3(CC2)OCCc2cnc(N(C)C)nc23)s1. The highest BCUT2D eigenvalue weighted by atomic mass is 32.1. The molecule has 1 fully saturated rings. The Morgan fingerprint density at radius 2 is 2.08 bits per heavy atom. The lowest BCUT2D eigenvalue weighted by atomic mass is 9.83. The van der Waals surface area contributed by atoms with Crippen molar-refractivity contribution in [3.63, 3.8) is 0 Å². The third-order valence-electron chi connectivity index (χ3n) is 5.24. The van der Waals surface area contributed by atoms with Crippen LogP contribution in [0.4, 0.5) is 5.95 Å². The van der Waals surface area contributed by atoms with Crippen molar-refractivity contribution < 1.29 is 9.53 Å². The Morgan fingerprint density at radius 1 is 1.31 bits per heavy atom. The number of ether oxygens (including phenoxy) is 1. The largest absolute Gasteiger partial charge is 0.368 e. The zero-order chi connectivity index (χ0) is 18.3. The summed E-state index contributed by atoms with van der Waals surface area (Å²) in [5, 5.41) is 0. The molecular weight excluding hydrogens is 348 g/mol. The topological polar surface area (TPSA) is 58.6 Å². The number of thiophene rings is 1. The zero-order valence-electron chi connectivity index (χ0n) is 15.5. The second-order valence-electron chi connectivity index (χ2n) is 7.23. The number of rotatable bonds is 2. The standard InChI is InChI=1S/C19H24N4O2S/c1-13-4-5-15(26-13)17(24)23-9-7-19(8-10-23)16-14(6-11-25-19)12-20-18(21-16)22(2)3/h4-5,12H,6-11H2,1-3H3. The van der Waals surface area contributed by atoms with E-state index in [1.807, 2.05) is 49.1 Å². The van der Waals surface area contributed by atoms with Crippen molar-refractivity contribution in [3.8, 4) is 0 Å². The monoisotopic (exact) mass is 372 g/mol. The van der Waals surface area contributed by atoms with Gasteiger partial charge in [0.1, 0.15) is 5.60 Å². The first-order valence-electron chi connectivity index (χ1n) is 9.02. The minimum Gasteiger partial charge on any atom is -0.368 e. The van der Waals surface area contributed by atoms with Crippen molar-refractivity contribution in [1.29, 1.82) is 0 Å². The maximum atomic E-state index is 12.7. The van der Waals surface area contributed by atoms with Crippen LogP contribution in [0.5, 0.6) is 0 Å². The molecule has 0 atom stereocenters. The highest BCUT2D eigenvalue weighted by Gasteiger charge is 2.43. The number of carbonyl (C=O) groups excluding carboxylic acids is 1. The summed E-state index contributed by atoms with van der Waals surface area (Å²) < 4.78 is 6.26. The highest BCUT2D eigenvalue weighted by molar-refractivity contribution is 7.13. The van der Waals surface area contributed by atoms with Crippen LogP contribution in [0.2, 0.25) is 0 Å². The summed E-state index contributed by atoms with van der Waals surface area (Å²) in [6, 6.07) is 3.93. The zero-order valence-corrected chi connectivity index (χ0v) is 16.3. The molecule has 0 saturated carbocycles. The number of hydrogen-bond acceptors (Lipinski definition) is 6. The molecule has 4 heterocycles. The van der Waals surface area contributed by atoms with Crippen LogP contribution >= 0.6 is 11.3 Å². The number of amides is 1. The minimum absolute atomic E-state index is 0.130. The summed E-state index contributed by atoms with van der Waals surface area (Å²) in [7, 11) is 3.89. The number of piperidine rings is 1. The van der Waals surface area contributed by atoms with Crippen LogP contribution in [0, 0.1) is 6.92 Å². The fourth-order valence-electron chi connectivity index (χ4n) is 3.77. The van der Waals surface area contributed by atoms with Gasteiger partial charge in [-0.3, -0.25) is 4.79 Å². The van der Waals surface area contributed by atoms with E-state index in [1.165, 1.54) is 10.4 Å². The molecule has 2 aromatic heterocycles. The number of likely N-dealkylation sites (tertiary alicyclic amines) is 1. The van der Waals surface area contributed by atoms with Gasteiger partial charge in [0.15, 0.2) is 0 Å². The normalized spacial score (nSPS) is 18.7. The average Bonchev–Trinajstić information content (AvgIpc) is 3.08. The highest BCUT2D eigenvalue weighted by Crippen LogP contribution is 2.41. The molecule has 2 aromatic rings. The Labute approximate surface area is 157 Å². The average molecular weight is 372 g/mol. The van der Waals surface area contributed by atoms with Gasteiger partial charge in [-0.05, 0) is 43.9 Å². The van der Waals surface area contributed by atoms with Crippen LogP contribution in [0.15, 0.2) is 18.3 Å². The number of nitrogens with zero attached hydrogens (tertiary/aromatic N) is 4. The number of fused-ring (bicyclic) bond motifs is 2. The quantitative estimate of drug-likeness (QED) is 0.811. The maximum absolute atomic E-state index is 12.7. The van der Waals surface area contributed by atoms with Gasteiger partial charge in [-0.1, -0.05) is 0 Å². The van der Waals surface area contributed by atoms with Crippen LogP contribution in [0.1, 0.15) is 38.6 Å². The Hall–Kier alpha value is -1.99. The van der Waals surface area contributed by atoms with E-state index in [0.29, 0.717) is 25.6 Å². The van der Waals surface area contributed by atoms with Crippen LogP contribution < -0.4 is 4.90 Å². The molecule has 1 saturated heterocycles. The van der Waals surface area contributed by atoms with Crippen molar-refractivity contribution in [2.45, 2.75) is 31.8 Å². The minimum atomic E-state index is -0.385. The summed E-state index contributed by atoms with van der Waals surface area (Å²) in [4.78, 5) is 27.8. The lowest BCUT2D eigenvalue weighted by Crippen LogP contribution is -2.48. The van der Waals surface area contributed by atoms with Gasteiger partial charge in [0, 0.05) is 38.3 Å². The van der Waals surface area contributed by atoms with Crippen molar-refractivity contribution in [2.75, 3.05) is 38.7 Å². The Morgan fingerprint density at radius 3 is 2.73 bits per heavy atom. The molecular formula is C19H24N4O2S. The molecule has 0 N–H and O–H groups in total. The molecule has 2 aliphatic heterocycles. The Bertz CT molecular complexity index is 825. The number of hydrogen-bond donors (Lipinski definition) is 0. The van der Waals surface area contributed by atoms with Crippen LogP contribution in [-0.2, 0) is 16.8 Å². The van der Waals surface area contributed by atoms with Gasteiger partial charge in [-0.15, -0.1) is 11.3 Å². The summed E-state index contributed by atoms with van der Waals surface area (Å²) in [5.74, 6) is 0.840. The van der Waals surface area contributed by atoms with E-state index in [4.69, 9.17) is 9.72 Å². The third kappa shape index (κ3) is 2.99. The van der Waals surface area contributed by atoms with Crippen LogP contribution in [0.25, 0.3) is 0 Å². The molecule has 0 unspecified atom stereocenters. The molecule has 0 bridgehead atoms. The van der Waals surface area contributed by atoms with Crippen molar-refractivity contribution in [3.05, 3.63) is 39.3 Å². The number of aryl methyl sites for hydroxylation is 1. The van der Waals surface area contributed by atoms with E-state index in [0.717, 1.165) is 29.8 Å². The van der Waals surface area contributed by atoms with Gasteiger partial charge in [-0.2, -0.15) is 0 Å². The van der Waals surface area contributed by atoms with Crippen LogP contribution in [-0.4, -0.2) is 54.6 Å². The molecule has 7 heteroatoms. The molecule has 0 aliphatic carbocycles. The molecule has 26 heavy (non-hydrogen) atoms. The molecule has 138 valence electrons. The molecule has 1 spiro atoms. The Balaban J connectivity index is 1.56. The van der Waals surface area contributed by atoms with E-state index in [-0.39, 0.29) is 11.5 Å². The smallest absolute Gasteiger partial charge is 0.263 e. The van der Waals surface area contributed by atoms with Gasteiger partial charge in [0.05, 0.1) is 17.2 Å². The van der Waals surface area contributed by atoms with Gasteiger partial charge in [0.2, 0.25) is 5.95 Å². The van der Waals surface area contributed by atoms with Gasteiger partial charge in [-0.25, -0.2) is 9.97 Å². The summed E-state index contributed by atoms with van der Waals surface area (Å²) >= 11 is 1.56. The molecule has 1 amide bonds. The summed E-state index contributed by atoms with van der Waals surface area (Å²) in [5.41, 5.74) is 1.81. The third-order valence-corrected chi connectivity index (χ3v) is 6.23. The lowest BCUT2D eigenvalue weighted by Gasteiger charge is -2.44.